The van der Waals surface area contributed by atoms with Gasteiger partial charge in [0.1, 0.15) is 10.6 Å². The maximum atomic E-state index is 13.1. The number of hydrogen-bond donors (Lipinski definition) is 1. The molecule has 2 heterocycles. The zero-order chi connectivity index (χ0) is 25.2. The molecule has 8 nitrogen and oxygen atoms in total. The second-order valence-corrected chi connectivity index (χ2v) is 11.4. The number of hydrogen-bond acceptors (Lipinski definition) is 7. The third-order valence-corrected chi connectivity index (χ3v) is 9.07. The SMILES string of the molecule is CCOc1ccc(S(=O)(=O)N2CCC(C(=O)Nc3ccc4sc(C(=O)OC)cc4c3)CC2)cc1C. The van der Waals surface area contributed by atoms with Crippen LogP contribution in [-0.4, -0.2) is 51.4 Å². The first-order valence-electron chi connectivity index (χ1n) is 11.4. The van der Waals surface area contributed by atoms with Gasteiger partial charge in [-0.25, -0.2) is 13.2 Å². The minimum atomic E-state index is -3.65. The number of nitrogens with one attached hydrogen (secondary N) is 1. The van der Waals surface area contributed by atoms with Crippen LogP contribution in [0.15, 0.2) is 47.4 Å². The maximum Gasteiger partial charge on any atom is 0.348 e. The predicted octanol–water partition coefficient (Wildman–Crippen LogP) is 4.43. The molecular formula is C25H28N2O6S2. The van der Waals surface area contributed by atoms with Crippen molar-refractivity contribution in [1.82, 2.24) is 4.31 Å². The Labute approximate surface area is 208 Å². The fourth-order valence-electron chi connectivity index (χ4n) is 4.17. The Morgan fingerprint density at radius 1 is 1.11 bits per heavy atom. The van der Waals surface area contributed by atoms with E-state index < -0.39 is 10.0 Å². The molecule has 0 saturated carbocycles. The van der Waals surface area contributed by atoms with Crippen molar-refractivity contribution in [1.29, 1.82) is 0 Å². The second-order valence-electron chi connectivity index (χ2n) is 8.38. The van der Waals surface area contributed by atoms with E-state index >= 15 is 0 Å². The largest absolute Gasteiger partial charge is 0.494 e. The highest BCUT2D eigenvalue weighted by Crippen LogP contribution is 2.30. The normalized spacial score (nSPS) is 15.2. The van der Waals surface area contributed by atoms with Gasteiger partial charge < -0.3 is 14.8 Å². The lowest BCUT2D eigenvalue weighted by Crippen LogP contribution is -2.41. The Morgan fingerprint density at radius 2 is 1.86 bits per heavy atom. The zero-order valence-corrected chi connectivity index (χ0v) is 21.5. The summed E-state index contributed by atoms with van der Waals surface area (Å²) < 4.78 is 38.9. The van der Waals surface area contributed by atoms with Crippen molar-refractivity contribution in [3.63, 3.8) is 0 Å². The first-order valence-corrected chi connectivity index (χ1v) is 13.6. The van der Waals surface area contributed by atoms with E-state index in [2.05, 4.69) is 5.32 Å². The number of benzene rings is 2. The first-order chi connectivity index (χ1) is 16.7. The average molecular weight is 517 g/mol. The van der Waals surface area contributed by atoms with E-state index in [1.54, 1.807) is 30.3 Å². The van der Waals surface area contributed by atoms with Gasteiger partial charge in [0.25, 0.3) is 0 Å². The Kier molecular flexibility index (Phi) is 7.44. The summed E-state index contributed by atoms with van der Waals surface area (Å²) in [5, 5.41) is 3.78. The molecule has 0 atom stereocenters. The summed E-state index contributed by atoms with van der Waals surface area (Å²) in [6, 6.07) is 12.1. The number of carbonyl (C=O) groups excluding carboxylic acids is 2. The summed E-state index contributed by atoms with van der Waals surface area (Å²) in [4.78, 5) is 25.4. The molecule has 1 N–H and O–H groups in total. The molecule has 186 valence electrons. The molecule has 0 bridgehead atoms. The lowest BCUT2D eigenvalue weighted by Gasteiger charge is -2.30. The number of rotatable bonds is 7. The van der Waals surface area contributed by atoms with Crippen LogP contribution in [-0.2, 0) is 19.6 Å². The molecule has 1 aliphatic rings. The van der Waals surface area contributed by atoms with E-state index in [0.717, 1.165) is 15.6 Å². The summed E-state index contributed by atoms with van der Waals surface area (Å²) >= 11 is 1.33. The molecule has 1 aliphatic heterocycles. The number of aryl methyl sites for hydroxylation is 1. The number of ether oxygens (including phenoxy) is 2. The quantitative estimate of drug-likeness (QED) is 0.466. The van der Waals surface area contributed by atoms with E-state index in [1.807, 2.05) is 26.0 Å². The number of esters is 1. The van der Waals surface area contributed by atoms with Gasteiger partial charge in [0, 0.05) is 29.4 Å². The van der Waals surface area contributed by atoms with Gasteiger partial charge in [0.15, 0.2) is 0 Å². The Bertz CT molecular complexity index is 1360. The van der Waals surface area contributed by atoms with Crippen LogP contribution < -0.4 is 10.1 Å². The van der Waals surface area contributed by atoms with Gasteiger partial charge in [-0.05, 0) is 80.1 Å². The summed E-state index contributed by atoms with van der Waals surface area (Å²) in [6.45, 7) is 4.77. The summed E-state index contributed by atoms with van der Waals surface area (Å²) in [7, 11) is -2.30. The number of sulfonamides is 1. The van der Waals surface area contributed by atoms with E-state index in [1.165, 1.54) is 22.8 Å². The van der Waals surface area contributed by atoms with E-state index in [-0.39, 0.29) is 35.8 Å². The smallest absolute Gasteiger partial charge is 0.348 e. The molecule has 0 aliphatic carbocycles. The number of methoxy groups -OCH3 is 1. The molecule has 0 spiro atoms. The topological polar surface area (TPSA) is 102 Å². The molecule has 2 aromatic carbocycles. The summed E-state index contributed by atoms with van der Waals surface area (Å²) in [5.74, 6) is -0.142. The second kappa shape index (κ2) is 10.3. The molecule has 1 fully saturated rings. The number of amides is 1. The van der Waals surface area contributed by atoms with Gasteiger partial charge in [-0.1, -0.05) is 0 Å². The standard InChI is InChI=1S/C25H28N2O6S2/c1-4-33-21-7-6-20(13-16(21)2)35(30,31)27-11-9-17(10-12-27)24(28)26-19-5-8-22-18(14-19)15-23(34-22)25(29)32-3/h5-8,13-15,17H,4,9-12H2,1-3H3,(H,26,28). The first kappa shape index (κ1) is 25.2. The molecule has 0 radical (unpaired) electrons. The Morgan fingerprint density at radius 3 is 2.51 bits per heavy atom. The Balaban J connectivity index is 1.39. The molecule has 1 saturated heterocycles. The third-order valence-electron chi connectivity index (χ3n) is 6.08. The highest BCUT2D eigenvalue weighted by atomic mass is 32.2. The molecule has 35 heavy (non-hydrogen) atoms. The lowest BCUT2D eigenvalue weighted by atomic mass is 9.97. The molecule has 1 aromatic heterocycles. The van der Waals surface area contributed by atoms with Gasteiger partial charge in [-0.3, -0.25) is 4.79 Å². The van der Waals surface area contributed by atoms with Crippen LogP contribution in [0.1, 0.15) is 35.0 Å². The van der Waals surface area contributed by atoms with Crippen LogP contribution in [0.2, 0.25) is 0 Å². The van der Waals surface area contributed by atoms with Crippen molar-refractivity contribution in [2.45, 2.75) is 31.6 Å². The minimum Gasteiger partial charge on any atom is -0.494 e. The molecule has 1 amide bonds. The van der Waals surface area contributed by atoms with Gasteiger partial charge >= 0.3 is 5.97 Å². The highest BCUT2D eigenvalue weighted by Gasteiger charge is 2.32. The lowest BCUT2D eigenvalue weighted by molar-refractivity contribution is -0.120. The van der Waals surface area contributed by atoms with Gasteiger partial charge in [0.2, 0.25) is 15.9 Å². The van der Waals surface area contributed by atoms with Crippen LogP contribution >= 0.6 is 11.3 Å². The zero-order valence-electron chi connectivity index (χ0n) is 19.9. The van der Waals surface area contributed by atoms with E-state index in [4.69, 9.17) is 9.47 Å². The van der Waals surface area contributed by atoms with Crippen molar-refractivity contribution in [2.75, 3.05) is 32.1 Å². The van der Waals surface area contributed by atoms with E-state index in [0.29, 0.717) is 35.8 Å². The molecule has 10 heteroatoms. The molecular weight excluding hydrogens is 488 g/mol. The van der Waals surface area contributed by atoms with Gasteiger partial charge in [0.05, 0.1) is 18.6 Å². The van der Waals surface area contributed by atoms with Gasteiger partial charge in [-0.15, -0.1) is 11.3 Å². The van der Waals surface area contributed by atoms with Crippen molar-refractivity contribution in [3.05, 3.63) is 52.9 Å². The van der Waals surface area contributed by atoms with Crippen molar-refractivity contribution in [3.8, 4) is 5.75 Å². The minimum absolute atomic E-state index is 0.137. The van der Waals surface area contributed by atoms with E-state index in [9.17, 15) is 18.0 Å². The van der Waals surface area contributed by atoms with Crippen LogP contribution in [0.25, 0.3) is 10.1 Å². The molecule has 3 aromatic rings. The molecule has 4 rings (SSSR count). The van der Waals surface area contributed by atoms with Crippen LogP contribution in [0.5, 0.6) is 5.75 Å². The third kappa shape index (κ3) is 5.34. The Hall–Kier alpha value is -2.95. The average Bonchev–Trinajstić information content (AvgIpc) is 3.28. The van der Waals surface area contributed by atoms with Crippen molar-refractivity contribution >= 4 is 49.0 Å². The summed E-state index contributed by atoms with van der Waals surface area (Å²) in [5.41, 5.74) is 1.40. The van der Waals surface area contributed by atoms with Crippen molar-refractivity contribution in [2.24, 2.45) is 5.92 Å². The fourth-order valence-corrected chi connectivity index (χ4v) is 6.69. The monoisotopic (exact) mass is 516 g/mol. The number of fused-ring (bicyclic) bond motifs is 1. The van der Waals surface area contributed by atoms with Crippen LogP contribution in [0, 0.1) is 12.8 Å². The number of nitrogens with zero attached hydrogens (tertiary/aromatic N) is 1. The van der Waals surface area contributed by atoms with Crippen molar-refractivity contribution < 1.29 is 27.5 Å². The van der Waals surface area contributed by atoms with Crippen LogP contribution in [0.4, 0.5) is 5.69 Å². The number of carbonyl (C=O) groups is 2. The fraction of sp³-hybridized carbons (Fsp3) is 0.360. The summed E-state index contributed by atoms with van der Waals surface area (Å²) in [6.07, 6.45) is 0.877. The predicted molar refractivity (Wildman–Crippen MR) is 136 cm³/mol. The van der Waals surface area contributed by atoms with Crippen LogP contribution in [0.3, 0.4) is 0 Å². The number of piperidine rings is 1. The molecule has 0 unspecified atom stereocenters. The number of anilines is 1. The maximum absolute atomic E-state index is 13.1. The highest BCUT2D eigenvalue weighted by molar-refractivity contribution is 7.89. The van der Waals surface area contributed by atoms with Gasteiger partial charge in [-0.2, -0.15) is 4.31 Å². The number of thiophene rings is 1.